The molecule has 0 radical (unpaired) electrons. The maximum absolute atomic E-state index is 5.63. The predicted octanol–water partition coefficient (Wildman–Crippen LogP) is 2.85. The molecule has 3 aromatic heterocycles. The van der Waals surface area contributed by atoms with Crippen LogP contribution in [0.5, 0.6) is 0 Å². The van der Waals surface area contributed by atoms with E-state index in [0.29, 0.717) is 0 Å². The Labute approximate surface area is 152 Å². The molecule has 0 fully saturated rings. The van der Waals surface area contributed by atoms with E-state index in [0.717, 1.165) is 29.4 Å². The van der Waals surface area contributed by atoms with Crippen LogP contribution in [0.3, 0.4) is 0 Å². The molecule has 0 saturated heterocycles. The predicted molar refractivity (Wildman–Crippen MR) is 101 cm³/mol. The third kappa shape index (κ3) is 3.28. The fourth-order valence-electron chi connectivity index (χ4n) is 3.68. The van der Waals surface area contributed by atoms with Gasteiger partial charge in [-0.1, -0.05) is 6.42 Å². The molecule has 0 aromatic carbocycles. The van der Waals surface area contributed by atoms with Crippen LogP contribution < -0.4 is 10.2 Å². The molecule has 3 heterocycles. The van der Waals surface area contributed by atoms with Gasteiger partial charge in [-0.15, -0.1) is 11.3 Å². The van der Waals surface area contributed by atoms with Crippen LogP contribution in [0.2, 0.25) is 0 Å². The van der Waals surface area contributed by atoms with Crippen LogP contribution >= 0.6 is 11.3 Å². The van der Waals surface area contributed by atoms with Crippen molar-refractivity contribution in [1.29, 1.82) is 0 Å². The van der Waals surface area contributed by atoms with Gasteiger partial charge in [0.25, 0.3) is 0 Å². The molecule has 0 bridgehead atoms. The van der Waals surface area contributed by atoms with E-state index in [2.05, 4.69) is 29.4 Å². The van der Waals surface area contributed by atoms with E-state index in [1.165, 1.54) is 46.4 Å². The number of hydrogen-bond acceptors (Lipinski definition) is 5. The van der Waals surface area contributed by atoms with Gasteiger partial charge in [-0.05, 0) is 43.4 Å². The van der Waals surface area contributed by atoms with E-state index in [-0.39, 0.29) is 6.04 Å². The Bertz CT molecular complexity index is 841. The standard InChI is InChI=1S/C19H24N4OS/c1-23(2)14(15-8-6-10-24-15)11-20-18-17-13-7-4-3-5-9-16(13)25-19(17)22-12-21-18/h6,8,10,12,14H,3-5,7,9,11H2,1-2H3,(H,20,21,22)/p+1/t14-/m1/s1. The van der Waals surface area contributed by atoms with E-state index < -0.39 is 0 Å². The smallest absolute Gasteiger partial charge is 0.163 e. The van der Waals surface area contributed by atoms with E-state index in [9.17, 15) is 0 Å². The zero-order valence-electron chi connectivity index (χ0n) is 14.8. The Hall–Kier alpha value is -1.92. The molecule has 0 amide bonds. The second-order valence-electron chi connectivity index (χ2n) is 6.99. The summed E-state index contributed by atoms with van der Waals surface area (Å²) < 4.78 is 5.63. The lowest BCUT2D eigenvalue weighted by Crippen LogP contribution is -3.06. The van der Waals surface area contributed by atoms with Crippen LogP contribution in [-0.4, -0.2) is 30.6 Å². The van der Waals surface area contributed by atoms with Gasteiger partial charge in [0, 0.05) is 4.88 Å². The molecule has 4 rings (SSSR count). The molecule has 1 aliphatic carbocycles. The molecule has 2 N–H and O–H groups in total. The van der Waals surface area contributed by atoms with Gasteiger partial charge in [0.1, 0.15) is 17.0 Å². The van der Waals surface area contributed by atoms with Gasteiger partial charge in [-0.2, -0.15) is 0 Å². The Morgan fingerprint density at radius 3 is 2.92 bits per heavy atom. The number of likely N-dealkylation sites (N-methyl/N-ethyl adjacent to an activating group) is 1. The number of aryl methyl sites for hydroxylation is 2. The molecular formula is C19H25N4OS+. The highest BCUT2D eigenvalue weighted by Gasteiger charge is 2.23. The van der Waals surface area contributed by atoms with Crippen molar-refractivity contribution in [2.75, 3.05) is 26.0 Å². The van der Waals surface area contributed by atoms with Gasteiger partial charge in [0.2, 0.25) is 0 Å². The van der Waals surface area contributed by atoms with Crippen LogP contribution in [0.1, 0.15) is 41.5 Å². The SMILES string of the molecule is C[NH+](C)[C@H](CNc1ncnc2sc3c(c12)CCCCC3)c1ccco1. The van der Waals surface area contributed by atoms with Crippen LogP contribution in [0.4, 0.5) is 5.82 Å². The van der Waals surface area contributed by atoms with Crippen molar-refractivity contribution >= 4 is 27.4 Å². The van der Waals surface area contributed by atoms with Crippen LogP contribution in [0, 0.1) is 0 Å². The first-order chi connectivity index (χ1) is 12.2. The van der Waals surface area contributed by atoms with Gasteiger partial charge in [0.05, 0.1) is 32.3 Å². The zero-order chi connectivity index (χ0) is 17.2. The molecule has 0 spiro atoms. The van der Waals surface area contributed by atoms with Gasteiger partial charge >= 0.3 is 0 Å². The van der Waals surface area contributed by atoms with Gasteiger partial charge < -0.3 is 14.6 Å². The second kappa shape index (κ2) is 7.14. The summed E-state index contributed by atoms with van der Waals surface area (Å²) >= 11 is 1.85. The largest absolute Gasteiger partial charge is 0.463 e. The number of rotatable bonds is 5. The molecule has 6 heteroatoms. The minimum atomic E-state index is 0.247. The van der Waals surface area contributed by atoms with Crippen molar-refractivity contribution in [2.45, 2.75) is 38.1 Å². The molecule has 132 valence electrons. The molecule has 0 unspecified atom stereocenters. The number of furan rings is 1. The molecule has 0 aliphatic heterocycles. The minimum Gasteiger partial charge on any atom is -0.463 e. The van der Waals surface area contributed by atoms with E-state index in [4.69, 9.17) is 4.42 Å². The maximum Gasteiger partial charge on any atom is 0.163 e. The highest BCUT2D eigenvalue weighted by Crippen LogP contribution is 2.37. The first kappa shape index (κ1) is 16.5. The number of hydrogen-bond donors (Lipinski definition) is 2. The highest BCUT2D eigenvalue weighted by molar-refractivity contribution is 7.18. The molecule has 25 heavy (non-hydrogen) atoms. The monoisotopic (exact) mass is 357 g/mol. The first-order valence-corrected chi connectivity index (χ1v) is 9.88. The van der Waals surface area contributed by atoms with Crippen LogP contribution in [0.15, 0.2) is 29.1 Å². The summed E-state index contributed by atoms with van der Waals surface area (Å²) in [5.74, 6) is 1.98. The zero-order valence-corrected chi connectivity index (χ0v) is 15.7. The maximum atomic E-state index is 5.63. The summed E-state index contributed by atoms with van der Waals surface area (Å²) in [6.07, 6.45) is 9.65. The van der Waals surface area contributed by atoms with Crippen molar-refractivity contribution in [3.63, 3.8) is 0 Å². The third-order valence-electron chi connectivity index (χ3n) is 5.06. The van der Waals surface area contributed by atoms with Crippen LogP contribution in [0.25, 0.3) is 10.2 Å². The topological polar surface area (TPSA) is 55.4 Å². The van der Waals surface area contributed by atoms with Gasteiger partial charge in [-0.3, -0.25) is 0 Å². The second-order valence-corrected chi connectivity index (χ2v) is 8.08. The number of anilines is 1. The normalized spacial score (nSPS) is 16.0. The van der Waals surface area contributed by atoms with Crippen molar-refractivity contribution in [1.82, 2.24) is 9.97 Å². The van der Waals surface area contributed by atoms with Gasteiger partial charge in [0.15, 0.2) is 11.8 Å². The highest BCUT2D eigenvalue weighted by atomic mass is 32.1. The Kier molecular flexibility index (Phi) is 4.72. The lowest BCUT2D eigenvalue weighted by Gasteiger charge is -2.20. The van der Waals surface area contributed by atoms with Crippen molar-refractivity contribution < 1.29 is 9.32 Å². The Morgan fingerprint density at radius 1 is 1.24 bits per heavy atom. The molecule has 0 saturated carbocycles. The van der Waals surface area contributed by atoms with Gasteiger partial charge in [-0.25, -0.2) is 9.97 Å². The lowest BCUT2D eigenvalue weighted by molar-refractivity contribution is -0.891. The summed E-state index contributed by atoms with van der Waals surface area (Å²) in [7, 11) is 4.31. The van der Waals surface area contributed by atoms with Crippen molar-refractivity contribution in [3.05, 3.63) is 40.9 Å². The molecule has 3 aromatic rings. The van der Waals surface area contributed by atoms with Crippen molar-refractivity contribution in [2.24, 2.45) is 0 Å². The summed E-state index contributed by atoms with van der Waals surface area (Å²) in [5.41, 5.74) is 1.48. The van der Waals surface area contributed by atoms with E-state index in [1.54, 1.807) is 12.6 Å². The number of nitrogens with zero attached hydrogens (tertiary/aromatic N) is 2. The number of aromatic nitrogens is 2. The number of thiophene rings is 1. The molecular weight excluding hydrogens is 332 g/mol. The quantitative estimate of drug-likeness (QED) is 0.690. The fraction of sp³-hybridized carbons (Fsp3) is 0.474. The third-order valence-corrected chi connectivity index (χ3v) is 6.26. The summed E-state index contributed by atoms with van der Waals surface area (Å²) in [6.45, 7) is 0.784. The summed E-state index contributed by atoms with van der Waals surface area (Å²) in [6, 6.07) is 4.25. The summed E-state index contributed by atoms with van der Waals surface area (Å²) in [4.78, 5) is 13.1. The first-order valence-electron chi connectivity index (χ1n) is 9.06. The van der Waals surface area contributed by atoms with E-state index in [1.807, 2.05) is 23.5 Å². The van der Waals surface area contributed by atoms with E-state index >= 15 is 0 Å². The molecule has 5 nitrogen and oxygen atoms in total. The minimum absolute atomic E-state index is 0.247. The number of nitrogens with one attached hydrogen (secondary N) is 2. The fourth-order valence-corrected chi connectivity index (χ4v) is 4.91. The summed E-state index contributed by atoms with van der Waals surface area (Å²) in [5, 5.41) is 4.84. The molecule has 1 aliphatic rings. The molecule has 1 atom stereocenters. The Morgan fingerprint density at radius 2 is 2.12 bits per heavy atom. The Balaban J connectivity index is 1.64. The lowest BCUT2D eigenvalue weighted by atomic mass is 10.1. The average molecular weight is 358 g/mol. The van der Waals surface area contributed by atoms with Crippen molar-refractivity contribution in [3.8, 4) is 0 Å². The average Bonchev–Trinajstić information content (AvgIpc) is 3.18. The van der Waals surface area contributed by atoms with Crippen LogP contribution in [-0.2, 0) is 12.8 Å². The number of quaternary nitrogens is 1. The number of fused-ring (bicyclic) bond motifs is 3.